The summed E-state index contributed by atoms with van der Waals surface area (Å²) in [5.41, 5.74) is 8.86. The van der Waals surface area contributed by atoms with Crippen LogP contribution in [0.15, 0.2) is 60.7 Å². The van der Waals surface area contributed by atoms with Gasteiger partial charge in [0.1, 0.15) is 0 Å². The number of hydrogen-bond acceptors (Lipinski definition) is 1. The molecule has 0 spiro atoms. The Hall–Kier alpha value is -1.79. The Morgan fingerprint density at radius 2 is 1.59 bits per heavy atom. The van der Waals surface area contributed by atoms with E-state index in [0.29, 0.717) is 0 Å². The summed E-state index contributed by atoms with van der Waals surface area (Å²) in [6.45, 7) is 6.15. The highest BCUT2D eigenvalue weighted by Gasteiger charge is 2.11. The molecule has 0 saturated carbocycles. The maximum atomic E-state index is 9.99. The van der Waals surface area contributed by atoms with Crippen LogP contribution in [0.5, 0.6) is 0 Å². The van der Waals surface area contributed by atoms with E-state index in [0.717, 1.165) is 30.4 Å². The first kappa shape index (κ1) is 21.9. The molecule has 0 aliphatic carbocycles. The first-order valence-electron chi connectivity index (χ1n) is 10.0. The lowest BCUT2D eigenvalue weighted by molar-refractivity contribution is 0.625. The zero-order valence-corrected chi connectivity index (χ0v) is 19.2. The summed E-state index contributed by atoms with van der Waals surface area (Å²) in [7, 11) is -2.01. The van der Waals surface area contributed by atoms with Crippen molar-refractivity contribution in [3.8, 4) is 0 Å². The molecular formula is C26H30ClOP. The highest BCUT2D eigenvalue weighted by atomic mass is 35.5. The molecule has 1 unspecified atom stereocenters. The summed E-state index contributed by atoms with van der Waals surface area (Å²) in [5, 5.41) is 0.812. The molecule has 0 bridgehead atoms. The van der Waals surface area contributed by atoms with Gasteiger partial charge in [0.05, 0.1) is 0 Å². The Morgan fingerprint density at radius 1 is 0.862 bits per heavy atom. The molecule has 0 aromatic heterocycles. The van der Waals surface area contributed by atoms with E-state index in [-0.39, 0.29) is 0 Å². The quantitative estimate of drug-likeness (QED) is 0.420. The minimum Gasteiger partial charge on any atom is -0.377 e. The van der Waals surface area contributed by atoms with E-state index >= 15 is 0 Å². The van der Waals surface area contributed by atoms with Gasteiger partial charge in [-0.25, -0.2) is 0 Å². The minimum atomic E-state index is -2.01. The van der Waals surface area contributed by atoms with Crippen LogP contribution < -0.4 is 0 Å². The van der Waals surface area contributed by atoms with Crippen LogP contribution in [-0.2, 0) is 19.3 Å². The molecule has 3 heteroatoms. The third-order valence-corrected chi connectivity index (χ3v) is 6.92. The van der Waals surface area contributed by atoms with E-state index in [9.17, 15) is 4.89 Å². The van der Waals surface area contributed by atoms with Crippen molar-refractivity contribution in [3.05, 3.63) is 105 Å². The molecule has 29 heavy (non-hydrogen) atoms. The smallest absolute Gasteiger partial charge is 0.0446 e. The van der Waals surface area contributed by atoms with Gasteiger partial charge in [-0.15, -0.1) is 0 Å². The predicted octanol–water partition coefficient (Wildman–Crippen LogP) is 6.67. The Bertz CT molecular complexity index is 1010. The zero-order chi connectivity index (χ0) is 21.0. The van der Waals surface area contributed by atoms with Gasteiger partial charge in [-0.1, -0.05) is 72.5 Å². The summed E-state index contributed by atoms with van der Waals surface area (Å²) < 4.78 is 0. The number of aryl methyl sites for hydroxylation is 3. The molecule has 0 saturated heterocycles. The molecule has 0 aliphatic rings. The highest BCUT2D eigenvalue weighted by molar-refractivity contribution is 7.67. The van der Waals surface area contributed by atoms with Gasteiger partial charge in [0, 0.05) is 5.02 Å². The van der Waals surface area contributed by atoms with Crippen LogP contribution in [0.4, 0.5) is 0 Å². The SMILES string of the molecule is C=P(C)(O)CCc1cc(C)c(Cc2ccc(C)c(Cc3ccccc3)c2)c(Cl)c1. The van der Waals surface area contributed by atoms with Crippen LogP contribution >= 0.6 is 18.7 Å². The van der Waals surface area contributed by atoms with Gasteiger partial charge in [-0.3, -0.25) is 0 Å². The maximum absolute atomic E-state index is 9.99. The molecule has 0 fully saturated rings. The number of benzene rings is 3. The van der Waals surface area contributed by atoms with Crippen molar-refractivity contribution in [1.82, 2.24) is 0 Å². The van der Waals surface area contributed by atoms with Gasteiger partial charge in [0.2, 0.25) is 0 Å². The van der Waals surface area contributed by atoms with E-state index in [4.69, 9.17) is 11.6 Å². The topological polar surface area (TPSA) is 20.2 Å². The molecule has 0 aliphatic heterocycles. The minimum absolute atomic E-state index is 0.725. The predicted molar refractivity (Wildman–Crippen MR) is 130 cm³/mol. The lowest BCUT2D eigenvalue weighted by atomic mass is 9.93. The summed E-state index contributed by atoms with van der Waals surface area (Å²) in [6, 6.07) is 21.6. The Kier molecular flexibility index (Phi) is 7.06. The molecule has 0 heterocycles. The lowest BCUT2D eigenvalue weighted by Gasteiger charge is -2.15. The van der Waals surface area contributed by atoms with Crippen molar-refractivity contribution in [1.29, 1.82) is 0 Å². The summed E-state index contributed by atoms with van der Waals surface area (Å²) in [4.78, 5) is 9.99. The molecule has 3 aromatic carbocycles. The second kappa shape index (κ2) is 9.35. The molecule has 0 radical (unpaired) electrons. The van der Waals surface area contributed by atoms with Crippen LogP contribution in [0.1, 0.15) is 38.9 Å². The number of halogens is 1. The Morgan fingerprint density at radius 3 is 2.24 bits per heavy atom. The molecule has 1 atom stereocenters. The van der Waals surface area contributed by atoms with E-state index in [1.807, 2.05) is 6.66 Å². The zero-order valence-electron chi connectivity index (χ0n) is 17.6. The molecule has 3 rings (SSSR count). The molecule has 3 aromatic rings. The molecule has 0 amide bonds. The van der Waals surface area contributed by atoms with Crippen molar-refractivity contribution in [2.45, 2.75) is 33.1 Å². The van der Waals surface area contributed by atoms with E-state index < -0.39 is 7.11 Å². The fourth-order valence-corrected chi connectivity index (χ4v) is 4.72. The number of rotatable bonds is 7. The highest BCUT2D eigenvalue weighted by Crippen LogP contribution is 2.35. The molecular weight excluding hydrogens is 395 g/mol. The first-order chi connectivity index (χ1) is 13.7. The van der Waals surface area contributed by atoms with Gasteiger partial charge >= 0.3 is 0 Å². The fraction of sp³-hybridized carbons (Fsp3) is 0.269. The molecule has 1 N–H and O–H groups in total. The summed E-state index contributed by atoms with van der Waals surface area (Å²) in [5.74, 6) is 0. The lowest BCUT2D eigenvalue weighted by Crippen LogP contribution is -2.00. The third-order valence-electron chi connectivity index (χ3n) is 5.39. The van der Waals surface area contributed by atoms with Crippen LogP contribution in [0.2, 0.25) is 5.02 Å². The third kappa shape index (κ3) is 6.34. The summed E-state index contributed by atoms with van der Waals surface area (Å²) in [6.07, 6.45) is 7.20. The van der Waals surface area contributed by atoms with Crippen molar-refractivity contribution < 1.29 is 4.89 Å². The standard InChI is InChI=1S/C26H30ClOP/c1-19-10-11-22(16-24(19)15-21-8-6-5-7-9-21)17-25-20(2)14-23(18-26(25)27)12-13-29(3,4)28/h5-11,14,16,18,28H,3,12-13,15,17H2,1-2,4H3. The van der Waals surface area contributed by atoms with Crippen LogP contribution in [0.3, 0.4) is 0 Å². The monoisotopic (exact) mass is 424 g/mol. The normalized spacial score (nSPS) is 13.3. The van der Waals surface area contributed by atoms with Gasteiger partial charge in [0.25, 0.3) is 0 Å². The largest absolute Gasteiger partial charge is 0.377 e. The average Bonchev–Trinajstić information content (AvgIpc) is 2.66. The number of hydrogen-bond donors (Lipinski definition) is 1. The van der Waals surface area contributed by atoms with Crippen LogP contribution in [-0.4, -0.2) is 24.0 Å². The second-order valence-electron chi connectivity index (χ2n) is 8.29. The van der Waals surface area contributed by atoms with Crippen LogP contribution in [0, 0.1) is 13.8 Å². The van der Waals surface area contributed by atoms with Gasteiger partial charge < -0.3 is 4.89 Å². The van der Waals surface area contributed by atoms with Crippen molar-refractivity contribution in [3.63, 3.8) is 0 Å². The van der Waals surface area contributed by atoms with Crippen molar-refractivity contribution in [2.24, 2.45) is 0 Å². The van der Waals surface area contributed by atoms with E-state index in [1.54, 1.807) is 0 Å². The Balaban J connectivity index is 1.81. The molecule has 152 valence electrons. The van der Waals surface area contributed by atoms with Crippen molar-refractivity contribution in [2.75, 3.05) is 12.8 Å². The second-order valence-corrected chi connectivity index (χ2v) is 11.8. The van der Waals surface area contributed by atoms with Gasteiger partial charge in [-0.2, -0.15) is 0 Å². The van der Waals surface area contributed by atoms with Gasteiger partial charge in [0.15, 0.2) is 0 Å². The molecule has 1 nitrogen and oxygen atoms in total. The summed E-state index contributed by atoms with van der Waals surface area (Å²) >= 11 is 6.67. The average molecular weight is 425 g/mol. The van der Waals surface area contributed by atoms with Gasteiger partial charge in [-0.05, 0) is 98.1 Å². The van der Waals surface area contributed by atoms with E-state index in [1.165, 1.54) is 38.9 Å². The van der Waals surface area contributed by atoms with E-state index in [2.05, 4.69) is 80.8 Å². The fourth-order valence-electron chi connectivity index (χ4n) is 3.63. The first-order valence-corrected chi connectivity index (χ1v) is 13.0. The Labute approximate surface area is 180 Å². The maximum Gasteiger partial charge on any atom is 0.0446 e. The van der Waals surface area contributed by atoms with Crippen molar-refractivity contribution >= 4 is 25.0 Å². The van der Waals surface area contributed by atoms with Crippen LogP contribution in [0.25, 0.3) is 0 Å².